The highest BCUT2D eigenvalue weighted by atomic mass is 79.9. The highest BCUT2D eigenvalue weighted by molar-refractivity contribution is 9.11. The van der Waals surface area contributed by atoms with Crippen molar-refractivity contribution in [3.63, 3.8) is 0 Å². The molecule has 19 heavy (non-hydrogen) atoms. The minimum atomic E-state index is -3.74. The summed E-state index contributed by atoms with van der Waals surface area (Å²) >= 11 is 12.1. The van der Waals surface area contributed by atoms with Crippen molar-refractivity contribution in [1.82, 2.24) is 9.97 Å². The molecule has 5 nitrogen and oxygen atoms in total. The van der Waals surface area contributed by atoms with Crippen LogP contribution in [-0.2, 0) is 10.0 Å². The van der Waals surface area contributed by atoms with E-state index in [4.69, 9.17) is 11.6 Å². The fourth-order valence-corrected chi connectivity index (χ4v) is 4.17. The number of hydrogen-bond acceptors (Lipinski definition) is 4. The first-order valence-corrected chi connectivity index (χ1v) is 8.28. The monoisotopic (exact) mass is 425 g/mol. The van der Waals surface area contributed by atoms with Crippen LogP contribution in [0.4, 0.5) is 5.82 Å². The topological polar surface area (TPSA) is 72.0 Å². The Morgan fingerprint density at radius 2 is 1.89 bits per heavy atom. The summed E-state index contributed by atoms with van der Waals surface area (Å²) in [5.41, 5.74) is 0. The van der Waals surface area contributed by atoms with E-state index in [9.17, 15) is 8.42 Å². The van der Waals surface area contributed by atoms with Crippen LogP contribution in [0.25, 0.3) is 0 Å². The van der Waals surface area contributed by atoms with Gasteiger partial charge in [-0.25, -0.2) is 18.4 Å². The van der Waals surface area contributed by atoms with Gasteiger partial charge in [-0.05, 0) is 34.1 Å². The minimum Gasteiger partial charge on any atom is -0.263 e. The van der Waals surface area contributed by atoms with E-state index in [1.165, 1.54) is 18.5 Å². The number of nitrogens with zero attached hydrogens (tertiary/aromatic N) is 2. The molecule has 1 aromatic heterocycles. The summed E-state index contributed by atoms with van der Waals surface area (Å²) in [6.07, 6.45) is 1.18. The van der Waals surface area contributed by atoms with E-state index in [-0.39, 0.29) is 15.9 Å². The van der Waals surface area contributed by atoms with Gasteiger partial charge in [-0.15, -0.1) is 0 Å². The summed E-state index contributed by atoms with van der Waals surface area (Å²) in [6.45, 7) is 0. The molecule has 0 spiro atoms. The average molecular weight is 428 g/mol. The first kappa shape index (κ1) is 14.7. The summed E-state index contributed by atoms with van der Waals surface area (Å²) in [5.74, 6) is 0.106. The number of aromatic nitrogens is 2. The maximum atomic E-state index is 12.2. The first-order valence-electron chi connectivity index (χ1n) is 4.84. The molecule has 0 unspecified atom stereocenters. The zero-order chi connectivity index (χ0) is 14.0. The number of halogens is 3. The van der Waals surface area contributed by atoms with E-state index in [0.717, 1.165) is 4.47 Å². The first-order chi connectivity index (χ1) is 8.88. The Bertz CT molecular complexity index is 724. The van der Waals surface area contributed by atoms with Gasteiger partial charge in [-0.2, -0.15) is 0 Å². The molecule has 0 aliphatic heterocycles. The molecule has 9 heteroatoms. The van der Waals surface area contributed by atoms with E-state index in [2.05, 4.69) is 46.5 Å². The van der Waals surface area contributed by atoms with Crippen molar-refractivity contribution < 1.29 is 8.42 Å². The van der Waals surface area contributed by atoms with E-state index in [1.807, 2.05) is 0 Å². The molecule has 0 saturated carbocycles. The Hall–Kier alpha value is -0.700. The molecular weight excluding hydrogens is 421 g/mol. The summed E-state index contributed by atoms with van der Waals surface area (Å²) in [7, 11) is -3.74. The van der Waals surface area contributed by atoms with E-state index < -0.39 is 10.0 Å². The van der Waals surface area contributed by atoms with Crippen LogP contribution in [0.15, 0.2) is 44.4 Å². The molecule has 0 bridgehead atoms. The van der Waals surface area contributed by atoms with Crippen molar-refractivity contribution in [2.75, 3.05) is 4.72 Å². The second-order valence-corrected chi connectivity index (χ2v) is 7.21. The number of benzene rings is 1. The van der Waals surface area contributed by atoms with Crippen molar-refractivity contribution in [2.45, 2.75) is 4.90 Å². The maximum Gasteiger partial charge on any atom is 0.264 e. The Balaban J connectivity index is 2.38. The molecule has 2 aromatic rings. The molecule has 2 rings (SSSR count). The second-order valence-electron chi connectivity index (χ2n) is 3.41. The van der Waals surface area contributed by atoms with Gasteiger partial charge in [0.05, 0.1) is 0 Å². The van der Waals surface area contributed by atoms with E-state index >= 15 is 0 Å². The minimum absolute atomic E-state index is 0.102. The van der Waals surface area contributed by atoms with Gasteiger partial charge in [0.2, 0.25) is 0 Å². The smallest absolute Gasteiger partial charge is 0.263 e. The molecule has 100 valence electrons. The fraction of sp³-hybridized carbons (Fsp3) is 0. The molecule has 0 atom stereocenters. The lowest BCUT2D eigenvalue weighted by Crippen LogP contribution is -2.14. The lowest BCUT2D eigenvalue weighted by Gasteiger charge is -2.09. The molecule has 1 heterocycles. The lowest BCUT2D eigenvalue weighted by atomic mass is 10.4. The van der Waals surface area contributed by atoms with Crippen LogP contribution in [0.5, 0.6) is 0 Å². The number of anilines is 1. The molecule has 0 saturated heterocycles. The maximum absolute atomic E-state index is 12.2. The van der Waals surface area contributed by atoms with Gasteiger partial charge in [-0.3, -0.25) is 4.72 Å². The summed E-state index contributed by atoms with van der Waals surface area (Å²) < 4.78 is 27.9. The number of nitrogens with one attached hydrogen (secondary N) is 1. The van der Waals surface area contributed by atoms with Gasteiger partial charge in [0.15, 0.2) is 0 Å². The van der Waals surface area contributed by atoms with Gasteiger partial charge >= 0.3 is 0 Å². The quantitative estimate of drug-likeness (QED) is 0.762. The third kappa shape index (κ3) is 3.65. The van der Waals surface area contributed by atoms with Crippen molar-refractivity contribution in [2.24, 2.45) is 0 Å². The average Bonchev–Trinajstić information content (AvgIpc) is 2.27. The zero-order valence-corrected chi connectivity index (χ0v) is 13.9. The van der Waals surface area contributed by atoms with Crippen molar-refractivity contribution >= 4 is 59.3 Å². The van der Waals surface area contributed by atoms with E-state index in [1.54, 1.807) is 12.1 Å². The second kappa shape index (κ2) is 5.74. The van der Waals surface area contributed by atoms with Gasteiger partial charge in [0, 0.05) is 15.0 Å². The van der Waals surface area contributed by atoms with Crippen LogP contribution in [0.1, 0.15) is 0 Å². The molecule has 1 aromatic carbocycles. The predicted molar refractivity (Wildman–Crippen MR) is 79.7 cm³/mol. The Morgan fingerprint density at radius 1 is 1.16 bits per heavy atom. The van der Waals surface area contributed by atoms with Gasteiger partial charge in [0.25, 0.3) is 10.0 Å². The number of sulfonamides is 1. The zero-order valence-electron chi connectivity index (χ0n) is 9.14. The van der Waals surface area contributed by atoms with Crippen molar-refractivity contribution in [3.05, 3.63) is 44.7 Å². The Labute approximate surface area is 131 Å². The molecular formula is C10H6Br2ClN3O2S. The van der Waals surface area contributed by atoms with Crippen LogP contribution in [0.2, 0.25) is 5.15 Å². The largest absolute Gasteiger partial charge is 0.264 e. The lowest BCUT2D eigenvalue weighted by molar-refractivity contribution is 0.600. The van der Waals surface area contributed by atoms with Crippen LogP contribution >= 0.6 is 43.5 Å². The van der Waals surface area contributed by atoms with E-state index in [0.29, 0.717) is 4.47 Å². The van der Waals surface area contributed by atoms with Gasteiger partial charge in [0.1, 0.15) is 22.2 Å². The normalized spacial score (nSPS) is 11.3. The summed E-state index contributed by atoms with van der Waals surface area (Å²) in [5, 5.41) is 0.155. The number of hydrogen-bond donors (Lipinski definition) is 1. The molecule has 0 radical (unpaired) electrons. The molecule has 0 aliphatic carbocycles. The van der Waals surface area contributed by atoms with Gasteiger partial charge < -0.3 is 0 Å². The SMILES string of the molecule is O=S(=O)(Nc1cc(Cl)ncn1)c1ccc(Br)cc1Br. The summed E-state index contributed by atoms with van der Waals surface area (Å²) in [4.78, 5) is 7.57. The molecule has 0 aliphatic rings. The summed E-state index contributed by atoms with van der Waals surface area (Å²) in [6, 6.07) is 6.07. The highest BCUT2D eigenvalue weighted by Gasteiger charge is 2.18. The highest BCUT2D eigenvalue weighted by Crippen LogP contribution is 2.27. The number of rotatable bonds is 3. The molecule has 0 fully saturated rings. The van der Waals surface area contributed by atoms with Crippen LogP contribution in [-0.4, -0.2) is 18.4 Å². The molecule has 0 amide bonds. The Kier molecular flexibility index (Phi) is 4.44. The van der Waals surface area contributed by atoms with Gasteiger partial charge in [-0.1, -0.05) is 27.5 Å². The third-order valence-corrected chi connectivity index (χ3v) is 5.09. The van der Waals surface area contributed by atoms with Crippen LogP contribution < -0.4 is 4.72 Å². The fourth-order valence-electron chi connectivity index (χ4n) is 1.28. The predicted octanol–water partition coefficient (Wildman–Crippen LogP) is 3.46. The standard InChI is InChI=1S/C10H6Br2ClN3O2S/c11-6-1-2-8(7(12)3-6)19(17,18)16-10-4-9(13)14-5-15-10/h1-5H,(H,14,15,16). The third-order valence-electron chi connectivity index (χ3n) is 2.06. The Morgan fingerprint density at radius 3 is 2.53 bits per heavy atom. The van der Waals surface area contributed by atoms with Crippen LogP contribution in [0, 0.1) is 0 Å². The molecule has 1 N–H and O–H groups in total. The van der Waals surface area contributed by atoms with Crippen molar-refractivity contribution in [1.29, 1.82) is 0 Å². The van der Waals surface area contributed by atoms with Crippen molar-refractivity contribution in [3.8, 4) is 0 Å². The van der Waals surface area contributed by atoms with Crippen LogP contribution in [0.3, 0.4) is 0 Å².